The lowest BCUT2D eigenvalue weighted by molar-refractivity contribution is -0.145. The van der Waals surface area contributed by atoms with Gasteiger partial charge in [-0.2, -0.15) is 11.8 Å². The summed E-state index contributed by atoms with van der Waals surface area (Å²) in [5.74, 6) is 1.61. The van der Waals surface area contributed by atoms with E-state index in [-0.39, 0.29) is 5.91 Å². The van der Waals surface area contributed by atoms with Gasteiger partial charge >= 0.3 is 0 Å². The van der Waals surface area contributed by atoms with E-state index >= 15 is 0 Å². The molecule has 2 aromatic rings. The lowest BCUT2D eigenvalue weighted by atomic mass is 10.1. The average Bonchev–Trinajstić information content (AvgIpc) is 2.90. The molecule has 0 aromatic heterocycles. The van der Waals surface area contributed by atoms with Crippen LogP contribution in [0.4, 0.5) is 0 Å². The van der Waals surface area contributed by atoms with Crippen LogP contribution >= 0.6 is 23.4 Å². The number of amides is 1. The first-order valence-corrected chi connectivity index (χ1v) is 10.3. The lowest BCUT2D eigenvalue weighted by Crippen LogP contribution is -2.49. The Kier molecular flexibility index (Phi) is 6.15. The Morgan fingerprint density at radius 1 is 1.12 bits per heavy atom. The van der Waals surface area contributed by atoms with Crippen LogP contribution in [0.2, 0.25) is 5.02 Å². The highest BCUT2D eigenvalue weighted by Crippen LogP contribution is 2.34. The fourth-order valence-corrected chi connectivity index (χ4v) is 4.49. The standard InChI is InChI=1S/C21H24ClNO2S/c1-21(2,25-18-10-8-17(22)9-11-18)20(24)23-13-12-19(26-15-14-23)16-6-4-3-5-7-16/h3-11,19H,12-15H2,1-2H3. The summed E-state index contributed by atoms with van der Waals surface area (Å²) in [7, 11) is 0. The van der Waals surface area contributed by atoms with Crippen molar-refractivity contribution < 1.29 is 9.53 Å². The van der Waals surface area contributed by atoms with Crippen molar-refractivity contribution in [1.29, 1.82) is 0 Å². The van der Waals surface area contributed by atoms with Crippen LogP contribution in [0, 0.1) is 0 Å². The van der Waals surface area contributed by atoms with Gasteiger partial charge in [-0.15, -0.1) is 0 Å². The number of rotatable bonds is 4. The number of thioether (sulfide) groups is 1. The van der Waals surface area contributed by atoms with Crippen molar-refractivity contribution in [2.75, 3.05) is 18.8 Å². The van der Waals surface area contributed by atoms with Crippen LogP contribution in [0.25, 0.3) is 0 Å². The van der Waals surface area contributed by atoms with E-state index in [9.17, 15) is 4.79 Å². The van der Waals surface area contributed by atoms with E-state index in [0.717, 1.165) is 25.3 Å². The van der Waals surface area contributed by atoms with Crippen LogP contribution in [0.3, 0.4) is 0 Å². The molecule has 1 aliphatic rings. The number of ether oxygens (including phenoxy) is 1. The average molecular weight is 390 g/mol. The summed E-state index contributed by atoms with van der Waals surface area (Å²) in [6.07, 6.45) is 0.956. The van der Waals surface area contributed by atoms with Crippen LogP contribution in [0.15, 0.2) is 54.6 Å². The van der Waals surface area contributed by atoms with E-state index in [2.05, 4.69) is 24.3 Å². The van der Waals surface area contributed by atoms with Crippen molar-refractivity contribution in [1.82, 2.24) is 4.90 Å². The summed E-state index contributed by atoms with van der Waals surface area (Å²) < 4.78 is 5.97. The monoisotopic (exact) mass is 389 g/mol. The van der Waals surface area contributed by atoms with Gasteiger partial charge in [0.2, 0.25) is 0 Å². The predicted octanol–water partition coefficient (Wildman–Crippen LogP) is 5.20. The lowest BCUT2D eigenvalue weighted by Gasteiger charge is -2.31. The maximum atomic E-state index is 13.1. The van der Waals surface area contributed by atoms with Crippen molar-refractivity contribution in [3.63, 3.8) is 0 Å². The fraction of sp³-hybridized carbons (Fsp3) is 0.381. The molecule has 138 valence electrons. The van der Waals surface area contributed by atoms with E-state index < -0.39 is 5.60 Å². The summed E-state index contributed by atoms with van der Waals surface area (Å²) in [6.45, 7) is 5.16. The molecule has 0 bridgehead atoms. The summed E-state index contributed by atoms with van der Waals surface area (Å²) in [4.78, 5) is 15.0. The van der Waals surface area contributed by atoms with Gasteiger partial charge in [-0.25, -0.2) is 0 Å². The quantitative estimate of drug-likeness (QED) is 0.719. The predicted molar refractivity (Wildman–Crippen MR) is 109 cm³/mol. The molecule has 1 unspecified atom stereocenters. The molecule has 3 nitrogen and oxygen atoms in total. The maximum absolute atomic E-state index is 13.1. The molecule has 5 heteroatoms. The van der Waals surface area contributed by atoms with E-state index in [1.807, 2.05) is 36.6 Å². The minimum Gasteiger partial charge on any atom is -0.478 e. The Morgan fingerprint density at radius 3 is 2.50 bits per heavy atom. The minimum atomic E-state index is -0.912. The second kappa shape index (κ2) is 8.36. The van der Waals surface area contributed by atoms with Crippen molar-refractivity contribution >= 4 is 29.3 Å². The first-order chi connectivity index (χ1) is 12.5. The highest BCUT2D eigenvalue weighted by atomic mass is 35.5. The molecule has 0 saturated carbocycles. The van der Waals surface area contributed by atoms with Gasteiger partial charge in [0.1, 0.15) is 5.75 Å². The zero-order chi connectivity index (χ0) is 18.6. The molecule has 26 heavy (non-hydrogen) atoms. The number of halogens is 1. The summed E-state index contributed by atoms with van der Waals surface area (Å²) in [5, 5.41) is 1.09. The van der Waals surface area contributed by atoms with Gasteiger partial charge in [-0.05, 0) is 50.1 Å². The zero-order valence-corrected chi connectivity index (χ0v) is 16.7. The normalized spacial score (nSPS) is 18.3. The number of benzene rings is 2. The topological polar surface area (TPSA) is 29.5 Å². The van der Waals surface area contributed by atoms with Crippen LogP contribution in [0.1, 0.15) is 31.1 Å². The third kappa shape index (κ3) is 4.74. The van der Waals surface area contributed by atoms with Crippen LogP contribution in [-0.4, -0.2) is 35.3 Å². The van der Waals surface area contributed by atoms with Gasteiger partial charge < -0.3 is 9.64 Å². The molecule has 1 fully saturated rings. The van der Waals surface area contributed by atoms with Gasteiger partial charge in [0.15, 0.2) is 5.60 Å². The molecule has 0 spiro atoms. The number of hydrogen-bond donors (Lipinski definition) is 0. The molecule has 0 radical (unpaired) electrons. The highest BCUT2D eigenvalue weighted by molar-refractivity contribution is 7.99. The van der Waals surface area contributed by atoms with Crippen molar-refractivity contribution in [3.05, 3.63) is 65.2 Å². The number of nitrogens with zero attached hydrogens (tertiary/aromatic N) is 1. The molecule has 2 aromatic carbocycles. The summed E-state index contributed by atoms with van der Waals surface area (Å²) in [5.41, 5.74) is 0.425. The maximum Gasteiger partial charge on any atom is 0.266 e. The first-order valence-electron chi connectivity index (χ1n) is 8.86. The smallest absolute Gasteiger partial charge is 0.266 e. The molecule has 1 heterocycles. The second-order valence-electron chi connectivity index (χ2n) is 6.92. The highest BCUT2D eigenvalue weighted by Gasteiger charge is 2.35. The fourth-order valence-electron chi connectivity index (χ4n) is 3.13. The molecule has 1 aliphatic heterocycles. The largest absolute Gasteiger partial charge is 0.478 e. The Labute approximate surface area is 164 Å². The van der Waals surface area contributed by atoms with E-state index in [1.165, 1.54) is 5.56 Å². The molecule has 0 aliphatic carbocycles. The van der Waals surface area contributed by atoms with Gasteiger partial charge in [-0.3, -0.25) is 4.79 Å². The SMILES string of the molecule is CC(C)(Oc1ccc(Cl)cc1)C(=O)N1CCSC(c2ccccc2)CC1. The van der Waals surface area contributed by atoms with Gasteiger partial charge in [0.05, 0.1) is 0 Å². The molecular weight excluding hydrogens is 366 g/mol. The first kappa shape index (κ1) is 19.1. The van der Waals surface area contributed by atoms with Crippen LogP contribution < -0.4 is 4.74 Å². The van der Waals surface area contributed by atoms with Crippen molar-refractivity contribution in [2.24, 2.45) is 0 Å². The van der Waals surface area contributed by atoms with Crippen molar-refractivity contribution in [3.8, 4) is 5.75 Å². The molecular formula is C21H24ClNO2S. The number of carbonyl (C=O) groups excluding carboxylic acids is 1. The molecule has 3 rings (SSSR count). The zero-order valence-electron chi connectivity index (χ0n) is 15.2. The van der Waals surface area contributed by atoms with Gasteiger partial charge in [0.25, 0.3) is 5.91 Å². The van der Waals surface area contributed by atoms with Crippen LogP contribution in [-0.2, 0) is 4.79 Å². The summed E-state index contributed by atoms with van der Waals surface area (Å²) >= 11 is 7.84. The summed E-state index contributed by atoms with van der Waals surface area (Å²) in [6, 6.07) is 17.7. The minimum absolute atomic E-state index is 0.0294. The second-order valence-corrected chi connectivity index (χ2v) is 8.66. The van der Waals surface area contributed by atoms with E-state index in [4.69, 9.17) is 16.3 Å². The number of hydrogen-bond acceptors (Lipinski definition) is 3. The molecule has 1 amide bonds. The third-order valence-electron chi connectivity index (χ3n) is 4.50. The van der Waals surface area contributed by atoms with Crippen molar-refractivity contribution in [2.45, 2.75) is 31.1 Å². The third-order valence-corrected chi connectivity index (χ3v) is 6.08. The Bertz CT molecular complexity index is 733. The molecule has 0 N–H and O–H groups in total. The Hall–Kier alpha value is -1.65. The van der Waals surface area contributed by atoms with E-state index in [1.54, 1.807) is 24.3 Å². The number of carbonyl (C=O) groups is 1. The van der Waals surface area contributed by atoms with Crippen LogP contribution in [0.5, 0.6) is 5.75 Å². The van der Waals surface area contributed by atoms with E-state index in [0.29, 0.717) is 16.0 Å². The Morgan fingerprint density at radius 2 is 1.81 bits per heavy atom. The van der Waals surface area contributed by atoms with Gasteiger partial charge in [0, 0.05) is 29.1 Å². The molecule has 1 saturated heterocycles. The Balaban J connectivity index is 1.64. The van der Waals surface area contributed by atoms with Gasteiger partial charge in [-0.1, -0.05) is 41.9 Å². The molecule has 1 atom stereocenters.